The molecule has 0 saturated heterocycles. The van der Waals surface area contributed by atoms with E-state index in [9.17, 15) is 14.4 Å². The Hall–Kier alpha value is 0.161. The van der Waals surface area contributed by atoms with Crippen LogP contribution in [0, 0.1) is 40.8 Å². The van der Waals surface area contributed by atoms with Gasteiger partial charge in [0.2, 0.25) is 5.78 Å². The van der Waals surface area contributed by atoms with Crippen molar-refractivity contribution in [1.29, 1.82) is 0 Å². The van der Waals surface area contributed by atoms with Crippen LogP contribution >= 0.6 is 0 Å². The number of rotatable bonds is 1. The molecule has 0 aliphatic heterocycles. The van der Waals surface area contributed by atoms with Crippen molar-refractivity contribution in [2.75, 3.05) is 0 Å². The molecule has 0 rings (SSSR count). The molecular formula is C5H6NdO4. The van der Waals surface area contributed by atoms with Gasteiger partial charge < -0.3 is 4.74 Å². The van der Waals surface area contributed by atoms with Crippen LogP contribution in [0.4, 0.5) is 0 Å². The van der Waals surface area contributed by atoms with Crippen molar-refractivity contribution in [2.45, 2.75) is 13.8 Å². The molecule has 0 radical (unpaired) electrons. The number of ether oxygens (including phenoxy) is 1. The molecule has 0 aromatic carbocycles. The van der Waals surface area contributed by atoms with Crippen LogP contribution in [-0.2, 0) is 19.1 Å². The molecule has 0 aliphatic rings. The molecule has 0 unspecified atom stereocenters. The molecule has 0 fully saturated rings. The maximum atomic E-state index is 10.2. The second-order valence-corrected chi connectivity index (χ2v) is 1.44. The summed E-state index contributed by atoms with van der Waals surface area (Å²) >= 11 is 0. The Morgan fingerprint density at radius 2 is 1.50 bits per heavy atom. The average Bonchev–Trinajstić information content (AvgIpc) is 1.63. The van der Waals surface area contributed by atoms with Crippen LogP contribution in [-0.4, -0.2) is 17.7 Å². The van der Waals surface area contributed by atoms with Crippen molar-refractivity contribution < 1.29 is 60.0 Å². The molecule has 5 heteroatoms. The summed E-state index contributed by atoms with van der Waals surface area (Å²) in [6.07, 6.45) is 0. The molecule has 0 aliphatic carbocycles. The van der Waals surface area contributed by atoms with Gasteiger partial charge in [-0.3, -0.25) is 9.59 Å². The number of hydrogen-bond acceptors (Lipinski definition) is 4. The van der Waals surface area contributed by atoms with Gasteiger partial charge in [0.05, 0.1) is 0 Å². The van der Waals surface area contributed by atoms with Gasteiger partial charge >= 0.3 is 11.9 Å². The maximum Gasteiger partial charge on any atom is 0.381 e. The summed E-state index contributed by atoms with van der Waals surface area (Å²) in [4.78, 5) is 30.2. The number of esters is 2. The van der Waals surface area contributed by atoms with E-state index < -0.39 is 17.7 Å². The van der Waals surface area contributed by atoms with E-state index in [1.165, 1.54) is 0 Å². The molecule has 0 bridgehead atoms. The maximum absolute atomic E-state index is 10.2. The molecular weight excluding hydrogens is 268 g/mol. The van der Waals surface area contributed by atoms with Crippen LogP contribution in [0.1, 0.15) is 13.8 Å². The van der Waals surface area contributed by atoms with Gasteiger partial charge in [0.1, 0.15) is 0 Å². The fourth-order valence-electron chi connectivity index (χ4n) is 0.202. The Kier molecular flexibility index (Phi) is 7.57. The van der Waals surface area contributed by atoms with Crippen LogP contribution < -0.4 is 0 Å². The first-order valence-corrected chi connectivity index (χ1v) is 2.27. The van der Waals surface area contributed by atoms with Gasteiger partial charge in [-0.05, 0) is 0 Å². The van der Waals surface area contributed by atoms with Crippen LogP contribution in [0.2, 0.25) is 0 Å². The summed E-state index contributed by atoms with van der Waals surface area (Å²) in [7, 11) is 0. The first-order chi connectivity index (χ1) is 4.04. The van der Waals surface area contributed by atoms with E-state index in [-0.39, 0.29) is 40.8 Å². The normalized spacial score (nSPS) is 7.40. The van der Waals surface area contributed by atoms with Crippen LogP contribution in [0.25, 0.3) is 0 Å². The first-order valence-electron chi connectivity index (χ1n) is 2.27. The zero-order chi connectivity index (χ0) is 7.44. The zero-order valence-corrected chi connectivity index (χ0v) is 8.84. The van der Waals surface area contributed by atoms with Gasteiger partial charge in [-0.15, -0.1) is 0 Å². The molecule has 10 heavy (non-hydrogen) atoms. The Balaban J connectivity index is 0. The standard InChI is InChI=1S/C5H6O4.Nd/c1-3(6)5(8)9-4(2)7;/h1-2H3;. The molecule has 0 aromatic rings. The topological polar surface area (TPSA) is 60.4 Å². The largest absolute Gasteiger partial charge is 0.387 e. The summed E-state index contributed by atoms with van der Waals surface area (Å²) in [5.74, 6) is -2.65. The van der Waals surface area contributed by atoms with Gasteiger partial charge in [0, 0.05) is 54.7 Å². The predicted molar refractivity (Wildman–Crippen MR) is 27.5 cm³/mol. The predicted octanol–water partition coefficient (Wildman–Crippen LogP) is -0.335. The quantitative estimate of drug-likeness (QED) is 0.373. The van der Waals surface area contributed by atoms with Crippen molar-refractivity contribution >= 4 is 17.7 Å². The molecule has 0 aromatic heterocycles. The molecule has 0 saturated carbocycles. The minimum atomic E-state index is -1.11. The molecule has 0 spiro atoms. The van der Waals surface area contributed by atoms with Gasteiger partial charge in [-0.1, -0.05) is 0 Å². The number of carbonyl (C=O) groups excluding carboxylic acids is 3. The number of Topliss-reactive ketones (excluding diaryl/α,β-unsaturated/α-hetero) is 1. The van der Waals surface area contributed by atoms with Crippen molar-refractivity contribution in [3.63, 3.8) is 0 Å². The van der Waals surface area contributed by atoms with Gasteiger partial charge in [0.25, 0.3) is 0 Å². The van der Waals surface area contributed by atoms with Crippen LogP contribution in [0.3, 0.4) is 0 Å². The third kappa shape index (κ3) is 6.28. The molecule has 0 atom stereocenters. The van der Waals surface area contributed by atoms with Crippen LogP contribution in [0.5, 0.6) is 0 Å². The minimum absolute atomic E-state index is 0. The van der Waals surface area contributed by atoms with E-state index >= 15 is 0 Å². The summed E-state index contributed by atoms with van der Waals surface area (Å²) < 4.78 is 3.88. The van der Waals surface area contributed by atoms with Crippen molar-refractivity contribution in [2.24, 2.45) is 0 Å². The van der Waals surface area contributed by atoms with Gasteiger partial charge in [-0.25, -0.2) is 4.79 Å². The van der Waals surface area contributed by atoms with Gasteiger partial charge in [0.15, 0.2) is 0 Å². The van der Waals surface area contributed by atoms with Crippen molar-refractivity contribution in [3.05, 3.63) is 0 Å². The number of hydrogen-bond donors (Lipinski definition) is 0. The first kappa shape index (κ1) is 12.8. The SMILES string of the molecule is CC(=O)OC(=O)C(C)=O.[Nd]. The third-order valence-corrected chi connectivity index (χ3v) is 0.524. The summed E-state index contributed by atoms with van der Waals surface area (Å²) in [5.41, 5.74) is 0. The van der Waals surface area contributed by atoms with E-state index in [4.69, 9.17) is 0 Å². The van der Waals surface area contributed by atoms with E-state index in [2.05, 4.69) is 4.74 Å². The Morgan fingerprint density at radius 1 is 1.10 bits per heavy atom. The summed E-state index contributed by atoms with van der Waals surface area (Å²) in [6, 6.07) is 0. The third-order valence-electron chi connectivity index (χ3n) is 0.524. The van der Waals surface area contributed by atoms with Crippen molar-refractivity contribution in [1.82, 2.24) is 0 Å². The Morgan fingerprint density at radius 3 is 1.60 bits per heavy atom. The molecule has 0 N–H and O–H groups in total. The molecule has 4 nitrogen and oxygen atoms in total. The average molecular weight is 274 g/mol. The van der Waals surface area contributed by atoms with E-state index in [1.54, 1.807) is 0 Å². The molecule has 0 amide bonds. The van der Waals surface area contributed by atoms with E-state index in [1.807, 2.05) is 0 Å². The van der Waals surface area contributed by atoms with E-state index in [0.29, 0.717) is 0 Å². The number of carbonyl (C=O) groups is 3. The minimum Gasteiger partial charge on any atom is -0.387 e. The van der Waals surface area contributed by atoms with Crippen molar-refractivity contribution in [3.8, 4) is 0 Å². The van der Waals surface area contributed by atoms with Gasteiger partial charge in [-0.2, -0.15) is 0 Å². The Bertz CT molecular complexity index is 163. The molecule has 54 valence electrons. The van der Waals surface area contributed by atoms with Crippen LogP contribution in [0.15, 0.2) is 0 Å². The Labute approximate surface area is 90.8 Å². The molecule has 0 heterocycles. The summed E-state index contributed by atoms with van der Waals surface area (Å²) in [6.45, 7) is 2.09. The van der Waals surface area contributed by atoms with E-state index in [0.717, 1.165) is 13.8 Å². The number of ketones is 1. The zero-order valence-electron chi connectivity index (χ0n) is 5.63. The summed E-state index contributed by atoms with van der Waals surface area (Å²) in [5, 5.41) is 0. The second kappa shape index (κ2) is 5.91. The monoisotopic (exact) mass is 272 g/mol. The fourth-order valence-corrected chi connectivity index (χ4v) is 0.202. The smallest absolute Gasteiger partial charge is 0.381 e. The second-order valence-electron chi connectivity index (χ2n) is 1.44. The fraction of sp³-hybridized carbons (Fsp3) is 0.400.